The molecule has 2 aromatic carbocycles. The van der Waals surface area contributed by atoms with Crippen molar-refractivity contribution in [3.05, 3.63) is 47.3 Å². The fraction of sp³-hybridized carbons (Fsp3) is 0.211. The number of hydrogen-bond acceptors (Lipinski definition) is 3. The Morgan fingerprint density at radius 3 is 2.60 bits per heavy atom. The van der Waals surface area contributed by atoms with Gasteiger partial charge in [0.15, 0.2) is 0 Å². The molecule has 0 aliphatic carbocycles. The minimum atomic E-state index is -0.974. The predicted molar refractivity (Wildman–Crippen MR) is 92.9 cm³/mol. The van der Waals surface area contributed by atoms with Gasteiger partial charge in [-0.2, -0.15) is 0 Å². The zero-order valence-electron chi connectivity index (χ0n) is 14.1. The Hall–Kier alpha value is -3.02. The van der Waals surface area contributed by atoms with E-state index in [0.717, 1.165) is 16.5 Å². The number of fused-ring (bicyclic) bond motifs is 1. The van der Waals surface area contributed by atoms with Crippen LogP contribution in [0.25, 0.3) is 22.2 Å². The topological polar surface area (TPSA) is 71.5 Å². The highest BCUT2D eigenvalue weighted by Gasteiger charge is 2.20. The first kappa shape index (κ1) is 16.8. The molecule has 0 unspecified atom stereocenters. The number of aliphatic carboxylic acids is 1. The van der Waals surface area contributed by atoms with Gasteiger partial charge in [-0.3, -0.25) is 4.79 Å². The van der Waals surface area contributed by atoms with E-state index in [2.05, 4.69) is 4.98 Å². The van der Waals surface area contributed by atoms with Gasteiger partial charge in [0.25, 0.3) is 0 Å². The molecule has 1 aromatic heterocycles. The summed E-state index contributed by atoms with van der Waals surface area (Å²) in [5, 5.41) is 10.1. The molecule has 0 bridgehead atoms. The van der Waals surface area contributed by atoms with Gasteiger partial charge < -0.3 is 19.6 Å². The number of benzene rings is 2. The van der Waals surface area contributed by atoms with E-state index in [-0.39, 0.29) is 6.42 Å². The molecule has 1 heterocycles. The number of nitrogens with one attached hydrogen (secondary N) is 1. The summed E-state index contributed by atoms with van der Waals surface area (Å²) < 4.78 is 24.4. The lowest BCUT2D eigenvalue weighted by atomic mass is 10.0. The van der Waals surface area contributed by atoms with Crippen LogP contribution in [0, 0.1) is 12.7 Å². The van der Waals surface area contributed by atoms with Crippen molar-refractivity contribution >= 4 is 16.9 Å². The molecule has 6 heteroatoms. The third kappa shape index (κ3) is 3.03. The van der Waals surface area contributed by atoms with Crippen molar-refractivity contribution in [1.82, 2.24) is 4.98 Å². The molecule has 0 saturated heterocycles. The van der Waals surface area contributed by atoms with Crippen molar-refractivity contribution in [2.75, 3.05) is 14.2 Å². The van der Waals surface area contributed by atoms with E-state index >= 15 is 0 Å². The smallest absolute Gasteiger partial charge is 0.307 e. The van der Waals surface area contributed by atoms with Gasteiger partial charge in [-0.25, -0.2) is 4.39 Å². The highest BCUT2D eigenvalue weighted by molar-refractivity contribution is 5.97. The highest BCUT2D eigenvalue weighted by Crippen LogP contribution is 2.38. The van der Waals surface area contributed by atoms with Crippen molar-refractivity contribution < 1.29 is 23.8 Å². The number of rotatable bonds is 5. The Morgan fingerprint density at radius 2 is 1.96 bits per heavy atom. The van der Waals surface area contributed by atoms with Gasteiger partial charge in [-0.05, 0) is 48.4 Å². The first-order chi connectivity index (χ1) is 11.9. The molecule has 0 spiro atoms. The van der Waals surface area contributed by atoms with E-state index in [4.69, 9.17) is 9.47 Å². The van der Waals surface area contributed by atoms with Crippen molar-refractivity contribution in [1.29, 1.82) is 0 Å². The summed E-state index contributed by atoms with van der Waals surface area (Å²) in [6, 6.07) is 7.80. The highest BCUT2D eigenvalue weighted by atomic mass is 19.1. The summed E-state index contributed by atoms with van der Waals surface area (Å²) in [7, 11) is 3.05. The van der Waals surface area contributed by atoms with Crippen LogP contribution in [0.15, 0.2) is 30.3 Å². The van der Waals surface area contributed by atoms with Crippen LogP contribution in [0.3, 0.4) is 0 Å². The molecule has 0 aliphatic rings. The minimum Gasteiger partial charge on any atom is -0.497 e. The SMILES string of the molecule is COc1cc(C)c2[nH]c(-c3cc(F)ccc3OC)c(CC(=O)O)c2c1. The summed E-state index contributed by atoms with van der Waals surface area (Å²) in [5.41, 5.74) is 3.27. The quantitative estimate of drug-likeness (QED) is 0.736. The van der Waals surface area contributed by atoms with E-state index in [1.807, 2.05) is 13.0 Å². The largest absolute Gasteiger partial charge is 0.497 e. The van der Waals surface area contributed by atoms with Gasteiger partial charge in [0.05, 0.1) is 26.3 Å². The summed E-state index contributed by atoms with van der Waals surface area (Å²) in [6.45, 7) is 1.90. The molecule has 3 rings (SSSR count). The summed E-state index contributed by atoms with van der Waals surface area (Å²) >= 11 is 0. The van der Waals surface area contributed by atoms with Gasteiger partial charge in [0.2, 0.25) is 0 Å². The number of aryl methyl sites for hydroxylation is 1. The van der Waals surface area contributed by atoms with Crippen molar-refractivity contribution in [2.24, 2.45) is 0 Å². The molecule has 0 fully saturated rings. The average molecular weight is 343 g/mol. The fourth-order valence-corrected chi connectivity index (χ4v) is 3.05. The number of ether oxygens (including phenoxy) is 2. The normalized spacial score (nSPS) is 10.9. The summed E-state index contributed by atoms with van der Waals surface area (Å²) in [5.74, 6) is -0.305. The van der Waals surface area contributed by atoms with Crippen LogP contribution >= 0.6 is 0 Å². The van der Waals surface area contributed by atoms with E-state index in [9.17, 15) is 14.3 Å². The molecule has 0 radical (unpaired) electrons. The number of H-pyrrole nitrogens is 1. The van der Waals surface area contributed by atoms with Crippen LogP contribution in [-0.2, 0) is 11.2 Å². The zero-order valence-corrected chi connectivity index (χ0v) is 14.1. The Morgan fingerprint density at radius 1 is 1.20 bits per heavy atom. The summed E-state index contributed by atoms with van der Waals surface area (Å²) in [6.07, 6.45) is -0.207. The number of halogens is 1. The number of carboxylic acid groups (broad SMARTS) is 1. The molecule has 2 N–H and O–H groups in total. The number of methoxy groups -OCH3 is 2. The Kier molecular flexibility index (Phi) is 4.35. The van der Waals surface area contributed by atoms with E-state index in [0.29, 0.717) is 28.3 Å². The minimum absolute atomic E-state index is 0.207. The first-order valence-electron chi connectivity index (χ1n) is 7.69. The number of carboxylic acids is 1. The van der Waals surface area contributed by atoms with E-state index in [1.165, 1.54) is 25.3 Å². The molecule has 0 atom stereocenters. The molecule has 3 aromatic rings. The average Bonchev–Trinajstić information content (AvgIpc) is 2.93. The van der Waals surface area contributed by atoms with E-state index in [1.54, 1.807) is 13.2 Å². The number of aromatic amines is 1. The number of hydrogen-bond donors (Lipinski definition) is 2. The Balaban J connectivity index is 2.36. The number of aromatic nitrogens is 1. The second kappa shape index (κ2) is 6.47. The van der Waals surface area contributed by atoms with Crippen LogP contribution in [0.4, 0.5) is 4.39 Å². The third-order valence-corrected chi connectivity index (χ3v) is 4.18. The van der Waals surface area contributed by atoms with Crippen molar-refractivity contribution in [3.8, 4) is 22.8 Å². The molecule has 0 amide bonds. The molecule has 5 nitrogen and oxygen atoms in total. The molecular formula is C19H18FNO4. The predicted octanol–water partition coefficient (Wildman–Crippen LogP) is 3.93. The molecular weight excluding hydrogens is 325 g/mol. The lowest BCUT2D eigenvalue weighted by Crippen LogP contribution is -2.01. The number of carbonyl (C=O) groups is 1. The maximum atomic E-state index is 13.8. The third-order valence-electron chi connectivity index (χ3n) is 4.18. The standard InChI is InChI=1S/C19H18FNO4/c1-10-6-12(24-2)8-13-14(9-17(22)23)19(21-18(10)13)15-7-11(20)4-5-16(15)25-3/h4-8,21H,9H2,1-3H3,(H,22,23). The molecule has 0 aliphatic heterocycles. The lowest BCUT2D eigenvalue weighted by Gasteiger charge is -2.09. The Labute approximate surface area is 144 Å². The van der Waals surface area contributed by atoms with Gasteiger partial charge in [-0.1, -0.05) is 0 Å². The van der Waals surface area contributed by atoms with Gasteiger partial charge in [-0.15, -0.1) is 0 Å². The maximum Gasteiger partial charge on any atom is 0.307 e. The van der Waals surface area contributed by atoms with Gasteiger partial charge in [0, 0.05) is 16.5 Å². The van der Waals surface area contributed by atoms with Gasteiger partial charge >= 0.3 is 5.97 Å². The fourth-order valence-electron chi connectivity index (χ4n) is 3.05. The monoisotopic (exact) mass is 343 g/mol. The van der Waals surface area contributed by atoms with Crippen LogP contribution in [-0.4, -0.2) is 30.3 Å². The van der Waals surface area contributed by atoms with Crippen LogP contribution < -0.4 is 9.47 Å². The Bertz CT molecular complexity index is 962. The zero-order chi connectivity index (χ0) is 18.1. The summed E-state index contributed by atoms with van der Waals surface area (Å²) in [4.78, 5) is 14.6. The van der Waals surface area contributed by atoms with Crippen LogP contribution in [0.5, 0.6) is 11.5 Å². The first-order valence-corrected chi connectivity index (χ1v) is 7.69. The molecule has 25 heavy (non-hydrogen) atoms. The maximum absolute atomic E-state index is 13.8. The van der Waals surface area contributed by atoms with E-state index < -0.39 is 11.8 Å². The van der Waals surface area contributed by atoms with Crippen molar-refractivity contribution in [3.63, 3.8) is 0 Å². The van der Waals surface area contributed by atoms with Crippen LogP contribution in [0.2, 0.25) is 0 Å². The van der Waals surface area contributed by atoms with Gasteiger partial charge in [0.1, 0.15) is 17.3 Å². The molecule has 130 valence electrons. The molecule has 0 saturated carbocycles. The lowest BCUT2D eigenvalue weighted by molar-refractivity contribution is -0.136. The second-order valence-corrected chi connectivity index (χ2v) is 5.76. The second-order valence-electron chi connectivity index (χ2n) is 5.76. The van der Waals surface area contributed by atoms with Crippen LogP contribution in [0.1, 0.15) is 11.1 Å². The van der Waals surface area contributed by atoms with Crippen molar-refractivity contribution in [2.45, 2.75) is 13.3 Å².